The Balaban J connectivity index is 0.00000222. The molecule has 2 heterocycles. The first kappa shape index (κ1) is 29.0. The van der Waals surface area contributed by atoms with E-state index in [1.165, 1.54) is 4.57 Å². The fourth-order valence-corrected chi connectivity index (χ4v) is 4.74. The number of aromatic nitrogens is 2. The summed E-state index contributed by atoms with van der Waals surface area (Å²) < 4.78 is 12.4. The van der Waals surface area contributed by atoms with Crippen LogP contribution >= 0.6 is 11.3 Å². The molecule has 0 radical (unpaired) electrons. The maximum absolute atomic E-state index is 13.4. The summed E-state index contributed by atoms with van der Waals surface area (Å²) in [6.07, 6.45) is -1.07. The van der Waals surface area contributed by atoms with E-state index >= 15 is 0 Å². The molecule has 3 rings (SSSR count). The number of aryl methyl sites for hydroxylation is 1. The van der Waals surface area contributed by atoms with Gasteiger partial charge in [-0.15, -0.1) is 11.3 Å². The molecule has 0 aliphatic rings. The topological polar surface area (TPSA) is 117 Å². The van der Waals surface area contributed by atoms with Gasteiger partial charge in [0, 0.05) is 0 Å². The van der Waals surface area contributed by atoms with E-state index in [-0.39, 0.29) is 28.2 Å². The number of fused-ring (bicyclic) bond motifs is 1. The number of hydrogen-bond donors (Lipinski definition) is 1. The van der Waals surface area contributed by atoms with Gasteiger partial charge < -0.3 is 14.6 Å². The van der Waals surface area contributed by atoms with Gasteiger partial charge in [-0.3, -0.25) is 14.2 Å². The van der Waals surface area contributed by atoms with Gasteiger partial charge in [-0.2, -0.15) is 0 Å². The molecular weight excluding hydrogens is 484 g/mol. The predicted molar refractivity (Wildman–Crippen MR) is 140 cm³/mol. The second-order valence-electron chi connectivity index (χ2n) is 8.75. The van der Waals surface area contributed by atoms with Gasteiger partial charge in [-0.1, -0.05) is 44.2 Å². The lowest BCUT2D eigenvalue weighted by Gasteiger charge is -2.20. The number of nitrogens with zero attached hydrogens (tertiary/aromatic N) is 2. The van der Waals surface area contributed by atoms with E-state index in [2.05, 4.69) is 0 Å². The van der Waals surface area contributed by atoms with Crippen molar-refractivity contribution < 1.29 is 24.2 Å². The summed E-state index contributed by atoms with van der Waals surface area (Å²) >= 11 is 0.949. The Morgan fingerprint density at radius 2 is 1.69 bits per heavy atom. The van der Waals surface area contributed by atoms with Crippen LogP contribution in [0, 0.1) is 6.92 Å². The molecule has 0 bridgehead atoms. The van der Waals surface area contributed by atoms with Gasteiger partial charge in [0.15, 0.2) is 0 Å². The fraction of sp³-hybridized carbons (Fsp3) is 0.462. The van der Waals surface area contributed by atoms with Crippen LogP contribution < -0.4 is 11.2 Å². The molecule has 0 fully saturated rings. The SMILES string of the molecule is CC.CCOC(=O)c1sc2c(c1C)c(=O)n(CC(=O)OC(C)(C)C)c(=O)n2CC(O)c1ccccc1. The lowest BCUT2D eigenvalue weighted by molar-refractivity contribution is -0.155. The van der Waals surface area contributed by atoms with Crippen LogP contribution in [0.2, 0.25) is 0 Å². The average Bonchev–Trinajstić information content (AvgIpc) is 3.17. The van der Waals surface area contributed by atoms with Crippen LogP contribution in [-0.2, 0) is 27.4 Å². The van der Waals surface area contributed by atoms with Crippen LogP contribution in [0.3, 0.4) is 0 Å². The highest BCUT2D eigenvalue weighted by molar-refractivity contribution is 7.20. The third kappa shape index (κ3) is 6.50. The molecule has 36 heavy (non-hydrogen) atoms. The summed E-state index contributed by atoms with van der Waals surface area (Å²) in [6, 6.07) is 8.75. The van der Waals surface area contributed by atoms with Gasteiger partial charge in [0.2, 0.25) is 0 Å². The Labute approximate surface area is 213 Å². The van der Waals surface area contributed by atoms with Crippen LogP contribution in [-0.4, -0.2) is 38.4 Å². The van der Waals surface area contributed by atoms with Crippen LogP contribution in [0.4, 0.5) is 0 Å². The van der Waals surface area contributed by atoms with Gasteiger partial charge in [-0.25, -0.2) is 14.2 Å². The van der Waals surface area contributed by atoms with Gasteiger partial charge in [0.1, 0.15) is 21.9 Å². The number of carbonyl (C=O) groups is 2. The predicted octanol–water partition coefficient (Wildman–Crippen LogP) is 3.81. The minimum Gasteiger partial charge on any atom is -0.462 e. The zero-order chi connectivity index (χ0) is 27.2. The molecule has 1 aromatic carbocycles. The highest BCUT2D eigenvalue weighted by Gasteiger charge is 2.26. The van der Waals surface area contributed by atoms with E-state index in [0.717, 1.165) is 15.9 Å². The van der Waals surface area contributed by atoms with Gasteiger partial charge in [0.25, 0.3) is 5.56 Å². The van der Waals surface area contributed by atoms with E-state index in [1.807, 2.05) is 13.8 Å². The van der Waals surface area contributed by atoms with E-state index in [9.17, 15) is 24.3 Å². The number of aliphatic hydroxyl groups is 1. The highest BCUT2D eigenvalue weighted by atomic mass is 32.1. The molecule has 0 spiro atoms. The number of ether oxygens (including phenoxy) is 2. The Bertz CT molecular complexity index is 1330. The van der Waals surface area contributed by atoms with E-state index in [0.29, 0.717) is 11.1 Å². The third-order valence-corrected chi connectivity index (χ3v) is 6.30. The first-order valence-corrected chi connectivity index (χ1v) is 12.6. The lowest BCUT2D eigenvalue weighted by atomic mass is 10.1. The standard InChI is InChI=1S/C24H28N2O7S.C2H6/c1-6-32-22(30)19-14(2)18-20(29)25(13-17(28)33-24(3,4)5)23(31)26(21(18)34-19)12-16(27)15-10-8-7-9-11-15;1-2/h7-11,16,27H,6,12-13H2,1-5H3;1-2H3. The van der Waals surface area contributed by atoms with Crippen molar-refractivity contribution in [2.45, 2.75) is 73.3 Å². The molecule has 0 saturated carbocycles. The molecular formula is C26H34N2O7S. The number of aliphatic hydroxyl groups excluding tert-OH is 1. The molecule has 0 aliphatic heterocycles. The zero-order valence-corrected chi connectivity index (χ0v) is 22.6. The summed E-state index contributed by atoms with van der Waals surface area (Å²) in [5, 5.41) is 10.9. The van der Waals surface area contributed by atoms with E-state index < -0.39 is 41.4 Å². The molecule has 1 unspecified atom stereocenters. The largest absolute Gasteiger partial charge is 0.462 e. The summed E-state index contributed by atoms with van der Waals surface area (Å²) in [5.41, 5.74) is -1.37. The normalized spacial score (nSPS) is 12.0. The lowest BCUT2D eigenvalue weighted by Crippen LogP contribution is -2.43. The molecule has 0 amide bonds. The Kier molecular flexibility index (Phi) is 9.77. The van der Waals surface area contributed by atoms with Crippen LogP contribution in [0.1, 0.15) is 68.4 Å². The van der Waals surface area contributed by atoms with Crippen molar-refractivity contribution in [2.24, 2.45) is 0 Å². The van der Waals surface area contributed by atoms with Gasteiger partial charge in [0.05, 0.1) is 24.6 Å². The average molecular weight is 519 g/mol. The van der Waals surface area contributed by atoms with Crippen molar-refractivity contribution >= 4 is 33.5 Å². The summed E-state index contributed by atoms with van der Waals surface area (Å²) in [4.78, 5) is 52.0. The maximum Gasteiger partial charge on any atom is 0.348 e. The molecule has 1 N–H and O–H groups in total. The minimum atomic E-state index is -1.07. The van der Waals surface area contributed by atoms with Crippen molar-refractivity contribution in [3.05, 3.63) is 67.2 Å². The smallest absolute Gasteiger partial charge is 0.348 e. The van der Waals surface area contributed by atoms with Crippen LogP contribution in [0.25, 0.3) is 10.2 Å². The monoisotopic (exact) mass is 518 g/mol. The zero-order valence-electron chi connectivity index (χ0n) is 21.8. The molecule has 9 nitrogen and oxygen atoms in total. The highest BCUT2D eigenvalue weighted by Crippen LogP contribution is 2.29. The summed E-state index contributed by atoms with van der Waals surface area (Å²) in [6.45, 7) is 11.7. The number of benzene rings is 1. The molecule has 3 aromatic rings. The van der Waals surface area contributed by atoms with E-state index in [1.54, 1.807) is 65.0 Å². The third-order valence-electron chi connectivity index (χ3n) is 5.00. The fourth-order valence-electron chi connectivity index (χ4n) is 3.54. The molecule has 2 aromatic heterocycles. The van der Waals surface area contributed by atoms with Gasteiger partial charge in [-0.05, 0) is 45.7 Å². The van der Waals surface area contributed by atoms with Gasteiger partial charge >= 0.3 is 17.6 Å². The van der Waals surface area contributed by atoms with Crippen molar-refractivity contribution in [3.8, 4) is 0 Å². The van der Waals surface area contributed by atoms with Crippen molar-refractivity contribution in [1.29, 1.82) is 0 Å². The first-order chi connectivity index (χ1) is 16.9. The first-order valence-electron chi connectivity index (χ1n) is 11.8. The van der Waals surface area contributed by atoms with Crippen LogP contribution in [0.15, 0.2) is 39.9 Å². The molecule has 0 aliphatic carbocycles. The number of rotatable bonds is 7. The molecule has 0 saturated heterocycles. The maximum atomic E-state index is 13.4. The van der Waals surface area contributed by atoms with Crippen LogP contribution in [0.5, 0.6) is 0 Å². The molecule has 1 atom stereocenters. The number of hydrogen-bond acceptors (Lipinski definition) is 8. The quantitative estimate of drug-likeness (QED) is 0.473. The molecule has 196 valence electrons. The van der Waals surface area contributed by atoms with Crippen molar-refractivity contribution in [2.75, 3.05) is 6.61 Å². The Morgan fingerprint density at radius 3 is 2.25 bits per heavy atom. The Morgan fingerprint density at radius 1 is 1.08 bits per heavy atom. The second-order valence-corrected chi connectivity index (χ2v) is 9.75. The minimum absolute atomic E-state index is 0.122. The number of carbonyl (C=O) groups excluding carboxylic acids is 2. The van der Waals surface area contributed by atoms with Crippen molar-refractivity contribution in [3.63, 3.8) is 0 Å². The molecule has 10 heteroatoms. The van der Waals surface area contributed by atoms with E-state index in [4.69, 9.17) is 9.47 Å². The Hall–Kier alpha value is -3.24. The van der Waals surface area contributed by atoms with Crippen molar-refractivity contribution in [1.82, 2.24) is 9.13 Å². The number of thiophene rings is 1. The summed E-state index contributed by atoms with van der Waals surface area (Å²) in [5.74, 6) is -1.36. The number of esters is 2. The second kappa shape index (κ2) is 12.1. The summed E-state index contributed by atoms with van der Waals surface area (Å²) in [7, 11) is 0.